The Kier molecular flexibility index (Phi) is 4.40. The van der Waals surface area contributed by atoms with Crippen molar-refractivity contribution in [3.8, 4) is 0 Å². The molecule has 2 N–H and O–H groups in total. The minimum atomic E-state index is -0.396. The van der Waals surface area contributed by atoms with Crippen molar-refractivity contribution < 1.29 is 9.18 Å². The lowest BCUT2D eigenvalue weighted by atomic mass is 9.86. The van der Waals surface area contributed by atoms with Crippen LogP contribution < -0.4 is 10.6 Å². The number of nitrogens with one attached hydrogen (secondary N) is 2. The van der Waals surface area contributed by atoms with Gasteiger partial charge in [0.1, 0.15) is 5.82 Å². The highest BCUT2D eigenvalue weighted by atomic mass is 19.1. The van der Waals surface area contributed by atoms with Crippen LogP contribution in [0.25, 0.3) is 0 Å². The van der Waals surface area contributed by atoms with E-state index in [0.717, 1.165) is 19.3 Å². The van der Waals surface area contributed by atoms with Crippen LogP contribution in [-0.2, 0) is 0 Å². The topological polar surface area (TPSA) is 41.1 Å². The van der Waals surface area contributed by atoms with E-state index in [-0.39, 0.29) is 17.6 Å². The molecule has 1 saturated carbocycles. The maximum Gasteiger partial charge on any atom is 0.253 e. The van der Waals surface area contributed by atoms with Crippen molar-refractivity contribution in [2.45, 2.75) is 38.6 Å². The van der Waals surface area contributed by atoms with Crippen LogP contribution in [0.3, 0.4) is 0 Å². The number of anilines is 1. The summed E-state index contributed by atoms with van der Waals surface area (Å²) in [5.74, 6) is -0.0984. The van der Waals surface area contributed by atoms with Crippen LogP contribution in [0.2, 0.25) is 0 Å². The van der Waals surface area contributed by atoms with E-state index in [1.54, 1.807) is 19.2 Å². The molecule has 4 heteroatoms. The van der Waals surface area contributed by atoms with Gasteiger partial charge in [-0.25, -0.2) is 4.39 Å². The van der Waals surface area contributed by atoms with Gasteiger partial charge in [0.25, 0.3) is 5.91 Å². The van der Waals surface area contributed by atoms with E-state index in [1.807, 2.05) is 0 Å². The van der Waals surface area contributed by atoms with Crippen LogP contribution in [0.1, 0.15) is 43.0 Å². The molecule has 19 heavy (non-hydrogen) atoms. The number of halogens is 1. The monoisotopic (exact) mass is 264 g/mol. The zero-order chi connectivity index (χ0) is 13.8. The number of hydrogen-bond donors (Lipinski definition) is 2. The molecule has 104 valence electrons. The Balaban J connectivity index is 2.13. The Bertz CT molecular complexity index is 461. The average Bonchev–Trinajstić information content (AvgIpc) is 2.41. The number of hydrogen-bond acceptors (Lipinski definition) is 2. The third-order valence-electron chi connectivity index (χ3n) is 3.94. The summed E-state index contributed by atoms with van der Waals surface area (Å²) in [7, 11) is 1.62. The molecule has 0 spiro atoms. The highest BCUT2D eigenvalue weighted by Gasteiger charge is 2.24. The third kappa shape index (κ3) is 3.06. The molecule has 1 amide bonds. The summed E-state index contributed by atoms with van der Waals surface area (Å²) >= 11 is 0. The van der Waals surface area contributed by atoms with Gasteiger partial charge in [0.2, 0.25) is 0 Å². The Morgan fingerprint density at radius 1 is 1.32 bits per heavy atom. The first-order valence-corrected chi connectivity index (χ1v) is 6.90. The lowest BCUT2D eigenvalue weighted by molar-refractivity contribution is 0.0910. The zero-order valence-corrected chi connectivity index (χ0v) is 11.5. The van der Waals surface area contributed by atoms with Gasteiger partial charge >= 0.3 is 0 Å². The van der Waals surface area contributed by atoms with Crippen molar-refractivity contribution in [1.29, 1.82) is 0 Å². The summed E-state index contributed by atoms with van der Waals surface area (Å²) in [5, 5.41) is 5.80. The second-order valence-corrected chi connectivity index (χ2v) is 5.25. The van der Waals surface area contributed by atoms with Gasteiger partial charge in [-0.1, -0.05) is 25.8 Å². The van der Waals surface area contributed by atoms with Gasteiger partial charge < -0.3 is 10.6 Å². The third-order valence-corrected chi connectivity index (χ3v) is 3.94. The number of carbonyl (C=O) groups excluding carboxylic acids is 1. The van der Waals surface area contributed by atoms with E-state index in [2.05, 4.69) is 17.6 Å². The zero-order valence-electron chi connectivity index (χ0n) is 11.5. The van der Waals surface area contributed by atoms with Crippen molar-refractivity contribution in [2.75, 3.05) is 12.4 Å². The Morgan fingerprint density at radius 3 is 2.74 bits per heavy atom. The summed E-state index contributed by atoms with van der Waals surface area (Å²) in [5.41, 5.74) is 0.642. The van der Waals surface area contributed by atoms with E-state index >= 15 is 0 Å². The molecule has 0 aliphatic heterocycles. The molecular formula is C15H21FN2O. The normalized spacial score (nSPS) is 22.9. The van der Waals surface area contributed by atoms with E-state index < -0.39 is 5.82 Å². The van der Waals surface area contributed by atoms with E-state index in [4.69, 9.17) is 0 Å². The van der Waals surface area contributed by atoms with Gasteiger partial charge in [-0.05, 0) is 30.9 Å². The van der Waals surface area contributed by atoms with Crippen LogP contribution in [-0.4, -0.2) is 19.0 Å². The van der Waals surface area contributed by atoms with Gasteiger partial charge in [-0.2, -0.15) is 0 Å². The lowest BCUT2D eigenvalue weighted by Crippen LogP contribution is -2.41. The number of rotatable bonds is 3. The summed E-state index contributed by atoms with van der Waals surface area (Å²) in [6, 6.07) is 4.77. The summed E-state index contributed by atoms with van der Waals surface area (Å²) in [6.07, 6.45) is 4.54. The van der Waals surface area contributed by atoms with Crippen LogP contribution in [0.15, 0.2) is 18.2 Å². The van der Waals surface area contributed by atoms with Crippen LogP contribution in [0, 0.1) is 11.7 Å². The molecule has 2 atom stereocenters. The second-order valence-electron chi connectivity index (χ2n) is 5.25. The van der Waals surface area contributed by atoms with Crippen molar-refractivity contribution in [3.63, 3.8) is 0 Å². The Morgan fingerprint density at radius 2 is 2.05 bits per heavy atom. The number of amides is 1. The molecule has 0 aromatic heterocycles. The minimum absolute atomic E-state index is 0.192. The predicted octanol–water partition coefficient (Wildman–Crippen LogP) is 3.18. The van der Waals surface area contributed by atoms with Crippen LogP contribution in [0.4, 0.5) is 10.1 Å². The van der Waals surface area contributed by atoms with Crippen molar-refractivity contribution >= 4 is 11.6 Å². The molecule has 1 aliphatic rings. The second kappa shape index (κ2) is 6.04. The van der Waals surface area contributed by atoms with Crippen molar-refractivity contribution in [3.05, 3.63) is 29.6 Å². The Labute approximate surface area is 113 Å². The smallest absolute Gasteiger partial charge is 0.253 e. The fourth-order valence-electron chi connectivity index (χ4n) is 2.74. The average molecular weight is 264 g/mol. The molecule has 1 fully saturated rings. The van der Waals surface area contributed by atoms with Gasteiger partial charge in [0, 0.05) is 13.1 Å². The molecular weight excluding hydrogens is 243 g/mol. The van der Waals surface area contributed by atoms with Crippen LogP contribution >= 0.6 is 0 Å². The SMILES string of the molecule is CNc1c(F)cccc1C(=O)NC1CCCCC1C. The molecule has 2 rings (SSSR count). The molecule has 1 aliphatic carbocycles. The molecule has 1 aromatic rings. The lowest BCUT2D eigenvalue weighted by Gasteiger charge is -2.29. The quantitative estimate of drug-likeness (QED) is 0.880. The van der Waals surface area contributed by atoms with Gasteiger partial charge in [-0.3, -0.25) is 4.79 Å². The van der Waals surface area contributed by atoms with E-state index in [9.17, 15) is 9.18 Å². The molecule has 0 radical (unpaired) electrons. The number of carbonyl (C=O) groups is 1. The summed E-state index contributed by atoms with van der Waals surface area (Å²) in [4.78, 5) is 12.3. The summed E-state index contributed by atoms with van der Waals surface area (Å²) < 4.78 is 13.6. The summed E-state index contributed by atoms with van der Waals surface area (Å²) in [6.45, 7) is 2.16. The number of benzene rings is 1. The van der Waals surface area contributed by atoms with Gasteiger partial charge in [0.15, 0.2) is 0 Å². The van der Waals surface area contributed by atoms with Gasteiger partial charge in [0.05, 0.1) is 11.3 Å². The van der Waals surface area contributed by atoms with E-state index in [0.29, 0.717) is 11.5 Å². The maximum absolute atomic E-state index is 13.6. The molecule has 2 unspecified atom stereocenters. The fraction of sp³-hybridized carbons (Fsp3) is 0.533. The van der Waals surface area contributed by atoms with Crippen molar-refractivity contribution in [2.24, 2.45) is 5.92 Å². The Hall–Kier alpha value is -1.58. The highest BCUT2D eigenvalue weighted by Crippen LogP contribution is 2.25. The van der Waals surface area contributed by atoms with E-state index in [1.165, 1.54) is 12.5 Å². The minimum Gasteiger partial charge on any atom is -0.385 e. The highest BCUT2D eigenvalue weighted by molar-refractivity contribution is 5.99. The molecule has 0 saturated heterocycles. The molecule has 0 heterocycles. The first kappa shape index (κ1) is 13.8. The molecule has 1 aromatic carbocycles. The largest absolute Gasteiger partial charge is 0.385 e. The first-order chi connectivity index (χ1) is 9.13. The number of para-hydroxylation sites is 1. The first-order valence-electron chi connectivity index (χ1n) is 6.90. The standard InChI is InChI=1S/C15H21FN2O/c1-10-6-3-4-9-13(10)18-15(19)11-7-5-8-12(16)14(11)17-2/h5,7-8,10,13,17H,3-4,6,9H2,1-2H3,(H,18,19). The predicted molar refractivity (Wildman–Crippen MR) is 74.8 cm³/mol. The fourth-order valence-corrected chi connectivity index (χ4v) is 2.74. The van der Waals surface area contributed by atoms with Crippen molar-refractivity contribution in [1.82, 2.24) is 5.32 Å². The molecule has 0 bridgehead atoms. The van der Waals surface area contributed by atoms with Gasteiger partial charge in [-0.15, -0.1) is 0 Å². The van der Waals surface area contributed by atoms with Crippen LogP contribution in [0.5, 0.6) is 0 Å². The molecule has 3 nitrogen and oxygen atoms in total. The maximum atomic E-state index is 13.6.